The van der Waals surface area contributed by atoms with E-state index in [1.165, 1.54) is 31.3 Å². The maximum absolute atomic E-state index is 13.4. The third-order valence-corrected chi connectivity index (χ3v) is 5.07. The molecule has 0 saturated carbocycles. The van der Waals surface area contributed by atoms with E-state index in [0.717, 1.165) is 10.4 Å². The quantitative estimate of drug-likeness (QED) is 0.876. The molecule has 6 heteroatoms. The van der Waals surface area contributed by atoms with Crippen LogP contribution in [0.2, 0.25) is 0 Å². The van der Waals surface area contributed by atoms with Crippen LogP contribution in [0.25, 0.3) is 0 Å². The standard InChI is InChI=1S/C15H13FN2O2S/c1-11-7-8-13(16)9-15(11)21(19,20)18(2)14-6-4-3-5-12(14)10-17/h3-9H,1-2H3. The number of hydrogen-bond donors (Lipinski definition) is 0. The zero-order chi connectivity index (χ0) is 15.6. The minimum Gasteiger partial charge on any atom is -0.268 e. The molecule has 0 radical (unpaired) electrons. The Morgan fingerprint density at radius 2 is 1.86 bits per heavy atom. The van der Waals surface area contributed by atoms with Crippen molar-refractivity contribution in [1.82, 2.24) is 0 Å². The van der Waals surface area contributed by atoms with Gasteiger partial charge in [-0.2, -0.15) is 5.26 Å². The largest absolute Gasteiger partial charge is 0.268 e. The van der Waals surface area contributed by atoms with Crippen molar-refractivity contribution in [2.75, 3.05) is 11.4 Å². The van der Waals surface area contributed by atoms with Crippen molar-refractivity contribution in [3.8, 4) is 6.07 Å². The van der Waals surface area contributed by atoms with Crippen LogP contribution in [-0.2, 0) is 10.0 Å². The lowest BCUT2D eigenvalue weighted by atomic mass is 10.2. The van der Waals surface area contributed by atoms with Crippen LogP contribution in [0.15, 0.2) is 47.4 Å². The molecule has 108 valence electrons. The van der Waals surface area contributed by atoms with E-state index < -0.39 is 15.8 Å². The average molecular weight is 304 g/mol. The van der Waals surface area contributed by atoms with Gasteiger partial charge < -0.3 is 0 Å². The second kappa shape index (κ2) is 5.54. The van der Waals surface area contributed by atoms with Crippen LogP contribution in [0, 0.1) is 24.1 Å². The number of nitrogens with zero attached hydrogens (tertiary/aromatic N) is 2. The molecule has 0 heterocycles. The molecule has 0 spiro atoms. The molecule has 2 rings (SSSR count). The number of halogens is 1. The first-order valence-corrected chi connectivity index (χ1v) is 7.56. The Morgan fingerprint density at radius 3 is 2.52 bits per heavy atom. The summed E-state index contributed by atoms with van der Waals surface area (Å²) in [5, 5.41) is 9.07. The molecule has 0 unspecified atom stereocenters. The van der Waals surface area contributed by atoms with Crippen LogP contribution in [0.4, 0.5) is 10.1 Å². The third kappa shape index (κ3) is 2.73. The van der Waals surface area contributed by atoms with Crippen molar-refractivity contribution in [3.63, 3.8) is 0 Å². The van der Waals surface area contributed by atoms with E-state index in [-0.39, 0.29) is 16.1 Å². The van der Waals surface area contributed by atoms with E-state index in [9.17, 15) is 12.8 Å². The average Bonchev–Trinajstić information content (AvgIpc) is 2.48. The topological polar surface area (TPSA) is 61.2 Å². The van der Waals surface area contributed by atoms with Gasteiger partial charge in [0.1, 0.15) is 11.9 Å². The third-order valence-electron chi connectivity index (χ3n) is 3.15. The molecule has 4 nitrogen and oxygen atoms in total. The molecule has 0 aliphatic rings. The lowest BCUT2D eigenvalue weighted by molar-refractivity contribution is 0.588. The summed E-state index contributed by atoms with van der Waals surface area (Å²) < 4.78 is 39.6. The Labute approximate surface area is 123 Å². The highest BCUT2D eigenvalue weighted by molar-refractivity contribution is 7.92. The van der Waals surface area contributed by atoms with Crippen LogP contribution in [0.1, 0.15) is 11.1 Å². The number of anilines is 1. The molecule has 2 aromatic carbocycles. The van der Waals surface area contributed by atoms with E-state index in [0.29, 0.717) is 5.56 Å². The summed E-state index contributed by atoms with van der Waals surface area (Å²) in [4.78, 5) is -0.113. The van der Waals surface area contributed by atoms with Crippen molar-refractivity contribution >= 4 is 15.7 Å². The summed E-state index contributed by atoms with van der Waals surface area (Å²) in [7, 11) is -2.59. The van der Waals surface area contributed by atoms with Gasteiger partial charge in [0.05, 0.1) is 16.1 Å². The van der Waals surface area contributed by atoms with Gasteiger partial charge in [0.15, 0.2) is 0 Å². The fraction of sp³-hybridized carbons (Fsp3) is 0.133. The lowest BCUT2D eigenvalue weighted by Crippen LogP contribution is -2.28. The Kier molecular flexibility index (Phi) is 3.96. The summed E-state index contributed by atoms with van der Waals surface area (Å²) in [6, 6.07) is 11.9. The van der Waals surface area contributed by atoms with Gasteiger partial charge in [-0.05, 0) is 36.8 Å². The molecule has 0 aliphatic heterocycles. The molecular weight excluding hydrogens is 291 g/mol. The fourth-order valence-electron chi connectivity index (χ4n) is 1.97. The van der Waals surface area contributed by atoms with Gasteiger partial charge in [0, 0.05) is 7.05 Å². The van der Waals surface area contributed by atoms with E-state index in [4.69, 9.17) is 5.26 Å². The SMILES string of the molecule is Cc1ccc(F)cc1S(=O)(=O)N(C)c1ccccc1C#N. The Hall–Kier alpha value is -2.39. The maximum atomic E-state index is 13.4. The molecule has 0 amide bonds. The molecule has 0 aromatic heterocycles. The number of rotatable bonds is 3. The summed E-state index contributed by atoms with van der Waals surface area (Å²) in [6.07, 6.45) is 0. The van der Waals surface area contributed by atoms with Crippen LogP contribution in [-0.4, -0.2) is 15.5 Å². The second-order valence-electron chi connectivity index (χ2n) is 4.51. The van der Waals surface area contributed by atoms with Crippen LogP contribution in [0.3, 0.4) is 0 Å². The van der Waals surface area contributed by atoms with Crippen molar-refractivity contribution in [3.05, 3.63) is 59.4 Å². The lowest BCUT2D eigenvalue weighted by Gasteiger charge is -2.21. The Balaban J connectivity index is 2.59. The van der Waals surface area contributed by atoms with E-state index in [1.807, 2.05) is 6.07 Å². The first kappa shape index (κ1) is 15.0. The number of aryl methyl sites for hydroxylation is 1. The number of sulfonamides is 1. The monoisotopic (exact) mass is 304 g/mol. The smallest absolute Gasteiger partial charge is 0.264 e. The molecule has 2 aromatic rings. The highest BCUT2D eigenvalue weighted by atomic mass is 32.2. The minimum absolute atomic E-state index is 0.113. The predicted octanol–water partition coefficient (Wildman–Crippen LogP) is 2.83. The first-order chi connectivity index (χ1) is 9.87. The summed E-state index contributed by atoms with van der Waals surface area (Å²) in [5.41, 5.74) is 0.930. The summed E-state index contributed by atoms with van der Waals surface area (Å²) in [6.45, 7) is 1.59. The molecule has 0 saturated heterocycles. The zero-order valence-electron chi connectivity index (χ0n) is 11.5. The first-order valence-electron chi connectivity index (χ1n) is 6.12. The molecule has 0 bridgehead atoms. The van der Waals surface area contributed by atoms with Crippen molar-refractivity contribution < 1.29 is 12.8 Å². The van der Waals surface area contributed by atoms with E-state index in [1.54, 1.807) is 19.1 Å². The van der Waals surface area contributed by atoms with E-state index in [2.05, 4.69) is 0 Å². The molecule has 0 aliphatic carbocycles. The minimum atomic E-state index is -3.94. The summed E-state index contributed by atoms with van der Waals surface area (Å²) >= 11 is 0. The van der Waals surface area contributed by atoms with Crippen LogP contribution < -0.4 is 4.31 Å². The Bertz CT molecular complexity index is 826. The van der Waals surface area contributed by atoms with Gasteiger partial charge in [-0.15, -0.1) is 0 Å². The second-order valence-corrected chi connectivity index (χ2v) is 6.45. The van der Waals surface area contributed by atoms with Crippen molar-refractivity contribution in [2.45, 2.75) is 11.8 Å². The molecule has 0 fully saturated rings. The van der Waals surface area contributed by atoms with Crippen LogP contribution in [0.5, 0.6) is 0 Å². The van der Waals surface area contributed by atoms with Gasteiger partial charge in [0.25, 0.3) is 10.0 Å². The van der Waals surface area contributed by atoms with Crippen molar-refractivity contribution in [2.24, 2.45) is 0 Å². The van der Waals surface area contributed by atoms with Gasteiger partial charge in [-0.1, -0.05) is 18.2 Å². The zero-order valence-corrected chi connectivity index (χ0v) is 12.4. The predicted molar refractivity (Wildman–Crippen MR) is 77.9 cm³/mol. The van der Waals surface area contributed by atoms with E-state index >= 15 is 0 Å². The molecule has 21 heavy (non-hydrogen) atoms. The number of hydrogen-bond acceptors (Lipinski definition) is 3. The highest BCUT2D eigenvalue weighted by Gasteiger charge is 2.25. The van der Waals surface area contributed by atoms with Crippen LogP contribution >= 0.6 is 0 Å². The van der Waals surface area contributed by atoms with Crippen molar-refractivity contribution in [1.29, 1.82) is 5.26 Å². The molecule has 0 atom stereocenters. The van der Waals surface area contributed by atoms with Gasteiger partial charge in [-0.3, -0.25) is 4.31 Å². The fourth-order valence-corrected chi connectivity index (χ4v) is 3.42. The molecular formula is C15H13FN2O2S. The van der Waals surface area contributed by atoms with Gasteiger partial charge >= 0.3 is 0 Å². The normalized spacial score (nSPS) is 11.0. The number of para-hydroxylation sites is 1. The highest BCUT2D eigenvalue weighted by Crippen LogP contribution is 2.27. The molecule has 0 N–H and O–H groups in total. The van der Waals surface area contributed by atoms with Gasteiger partial charge in [0.2, 0.25) is 0 Å². The van der Waals surface area contributed by atoms with Gasteiger partial charge in [-0.25, -0.2) is 12.8 Å². The number of nitriles is 1. The maximum Gasteiger partial charge on any atom is 0.264 e. The number of benzene rings is 2. The Morgan fingerprint density at radius 1 is 1.19 bits per heavy atom. The summed E-state index contributed by atoms with van der Waals surface area (Å²) in [5.74, 6) is -0.624.